The van der Waals surface area contributed by atoms with Crippen molar-refractivity contribution in [1.82, 2.24) is 10.3 Å². The topological polar surface area (TPSA) is 51.2 Å². The Balaban J connectivity index is 1.76. The van der Waals surface area contributed by atoms with E-state index in [1.54, 1.807) is 54.6 Å². The van der Waals surface area contributed by atoms with Crippen LogP contribution in [-0.2, 0) is 17.5 Å². The van der Waals surface area contributed by atoms with Gasteiger partial charge in [0.1, 0.15) is 5.75 Å². The summed E-state index contributed by atoms with van der Waals surface area (Å²) in [7, 11) is 0. The van der Waals surface area contributed by atoms with E-state index in [1.165, 1.54) is 0 Å². The fourth-order valence-corrected chi connectivity index (χ4v) is 2.92. The van der Waals surface area contributed by atoms with E-state index in [0.29, 0.717) is 22.5 Å². The van der Waals surface area contributed by atoms with Crippen LogP contribution in [0, 0.1) is 0 Å². The number of ether oxygens (including phenoxy) is 1. The predicted molar refractivity (Wildman–Crippen MR) is 107 cm³/mol. The van der Waals surface area contributed by atoms with Gasteiger partial charge in [-0.15, -0.1) is 0 Å². The van der Waals surface area contributed by atoms with E-state index in [-0.39, 0.29) is 17.3 Å². The first-order valence-electron chi connectivity index (χ1n) is 8.70. The molecule has 1 atom stereocenters. The smallest absolute Gasteiger partial charge is 0.417 e. The summed E-state index contributed by atoms with van der Waals surface area (Å²) in [5, 5.41) is 2.94. The SMILES string of the molecule is O=C(NCc1ncc(C(F)(F)F)cc1Cl)[C@H](Oc1ccc(Cl)cc1)c1ccccc1. The quantitative estimate of drug-likeness (QED) is 0.508. The molecule has 0 spiro atoms. The number of benzene rings is 2. The first-order valence-corrected chi connectivity index (χ1v) is 9.46. The van der Waals surface area contributed by atoms with Crippen LogP contribution >= 0.6 is 23.2 Å². The van der Waals surface area contributed by atoms with Gasteiger partial charge in [-0.1, -0.05) is 53.5 Å². The Kier molecular flexibility index (Phi) is 6.84. The number of pyridine rings is 1. The second-order valence-electron chi connectivity index (χ2n) is 6.23. The zero-order chi connectivity index (χ0) is 21.7. The molecule has 0 radical (unpaired) electrons. The van der Waals surface area contributed by atoms with Gasteiger partial charge in [0, 0.05) is 16.8 Å². The third-order valence-electron chi connectivity index (χ3n) is 4.08. The van der Waals surface area contributed by atoms with Gasteiger partial charge >= 0.3 is 6.18 Å². The van der Waals surface area contributed by atoms with Crippen LogP contribution in [0.2, 0.25) is 10.0 Å². The van der Waals surface area contributed by atoms with Crippen molar-refractivity contribution in [3.8, 4) is 5.75 Å². The number of aromatic nitrogens is 1. The van der Waals surface area contributed by atoms with Crippen LogP contribution in [0.1, 0.15) is 22.9 Å². The fraction of sp³-hybridized carbons (Fsp3) is 0.143. The molecule has 0 saturated carbocycles. The van der Waals surface area contributed by atoms with E-state index in [9.17, 15) is 18.0 Å². The van der Waals surface area contributed by atoms with Crippen LogP contribution in [0.25, 0.3) is 0 Å². The molecule has 2 aromatic carbocycles. The predicted octanol–water partition coefficient (Wildman–Crippen LogP) is 5.84. The average Bonchev–Trinajstić information content (AvgIpc) is 2.72. The number of hydrogen-bond donors (Lipinski definition) is 1. The number of nitrogens with one attached hydrogen (secondary N) is 1. The number of nitrogens with zero attached hydrogens (tertiary/aromatic N) is 1. The van der Waals surface area contributed by atoms with Crippen molar-refractivity contribution < 1.29 is 22.7 Å². The van der Waals surface area contributed by atoms with Crippen LogP contribution in [-0.4, -0.2) is 10.9 Å². The zero-order valence-corrected chi connectivity index (χ0v) is 16.8. The molecule has 0 aliphatic carbocycles. The van der Waals surface area contributed by atoms with Gasteiger partial charge in [0.25, 0.3) is 5.91 Å². The number of rotatable bonds is 6. The maximum absolute atomic E-state index is 12.8. The summed E-state index contributed by atoms with van der Waals surface area (Å²) < 4.78 is 44.1. The van der Waals surface area contributed by atoms with Crippen LogP contribution in [0.4, 0.5) is 13.2 Å². The highest BCUT2D eigenvalue weighted by atomic mass is 35.5. The van der Waals surface area contributed by atoms with Crippen LogP contribution in [0.15, 0.2) is 66.9 Å². The lowest BCUT2D eigenvalue weighted by Gasteiger charge is -2.19. The molecule has 3 aromatic rings. The van der Waals surface area contributed by atoms with E-state index in [4.69, 9.17) is 27.9 Å². The minimum atomic E-state index is -4.55. The molecule has 0 fully saturated rings. The van der Waals surface area contributed by atoms with Crippen molar-refractivity contribution in [2.24, 2.45) is 0 Å². The lowest BCUT2D eigenvalue weighted by atomic mass is 10.1. The van der Waals surface area contributed by atoms with Crippen LogP contribution in [0.3, 0.4) is 0 Å². The van der Waals surface area contributed by atoms with E-state index < -0.39 is 23.8 Å². The van der Waals surface area contributed by atoms with Crippen molar-refractivity contribution >= 4 is 29.1 Å². The minimum absolute atomic E-state index is 0.108. The largest absolute Gasteiger partial charge is 0.476 e. The maximum atomic E-state index is 12.8. The molecule has 4 nitrogen and oxygen atoms in total. The number of carbonyl (C=O) groups excluding carboxylic acids is 1. The lowest BCUT2D eigenvalue weighted by Crippen LogP contribution is -2.32. The van der Waals surface area contributed by atoms with Crippen molar-refractivity contribution in [2.75, 3.05) is 0 Å². The lowest BCUT2D eigenvalue weighted by molar-refractivity contribution is -0.137. The van der Waals surface area contributed by atoms with E-state index in [1.807, 2.05) is 0 Å². The molecule has 9 heteroatoms. The summed E-state index contributed by atoms with van der Waals surface area (Å²) in [6, 6.07) is 16.0. The maximum Gasteiger partial charge on any atom is 0.417 e. The van der Waals surface area contributed by atoms with Gasteiger partial charge in [-0.25, -0.2) is 0 Å². The number of carbonyl (C=O) groups is 1. The Morgan fingerprint density at radius 1 is 1.07 bits per heavy atom. The van der Waals surface area contributed by atoms with Gasteiger partial charge in [0.2, 0.25) is 6.10 Å². The summed E-state index contributed by atoms with van der Waals surface area (Å²) >= 11 is 11.8. The number of amides is 1. The van der Waals surface area contributed by atoms with Gasteiger partial charge in [0.15, 0.2) is 0 Å². The second-order valence-corrected chi connectivity index (χ2v) is 7.07. The Morgan fingerprint density at radius 2 is 1.73 bits per heavy atom. The first-order chi connectivity index (χ1) is 14.2. The molecule has 30 heavy (non-hydrogen) atoms. The Bertz CT molecular complexity index is 1010. The molecule has 1 amide bonds. The summed E-state index contributed by atoms with van der Waals surface area (Å²) in [6.07, 6.45) is -4.88. The summed E-state index contributed by atoms with van der Waals surface area (Å²) in [5.74, 6) is -0.0806. The molecule has 0 saturated heterocycles. The molecular weight excluding hydrogens is 440 g/mol. The summed E-state index contributed by atoms with van der Waals surface area (Å²) in [5.41, 5.74) is -0.261. The Morgan fingerprint density at radius 3 is 2.33 bits per heavy atom. The molecule has 1 N–H and O–H groups in total. The van der Waals surface area contributed by atoms with Gasteiger partial charge in [-0.3, -0.25) is 9.78 Å². The molecule has 3 rings (SSSR count). The van der Waals surface area contributed by atoms with E-state index >= 15 is 0 Å². The van der Waals surface area contributed by atoms with Crippen molar-refractivity contribution in [2.45, 2.75) is 18.8 Å². The first kappa shape index (κ1) is 21.9. The zero-order valence-electron chi connectivity index (χ0n) is 15.3. The fourth-order valence-electron chi connectivity index (χ4n) is 2.56. The molecule has 0 bridgehead atoms. The molecule has 1 aromatic heterocycles. The molecule has 0 aliphatic heterocycles. The van der Waals surface area contributed by atoms with Crippen molar-refractivity contribution in [3.63, 3.8) is 0 Å². The van der Waals surface area contributed by atoms with E-state index in [0.717, 1.165) is 6.07 Å². The van der Waals surface area contributed by atoms with Crippen LogP contribution < -0.4 is 10.1 Å². The van der Waals surface area contributed by atoms with Crippen molar-refractivity contribution in [1.29, 1.82) is 0 Å². The van der Waals surface area contributed by atoms with E-state index in [2.05, 4.69) is 10.3 Å². The molecule has 0 aliphatic rings. The molecule has 1 heterocycles. The minimum Gasteiger partial charge on any atom is -0.476 e. The molecular formula is C21H15Cl2F3N2O2. The standard InChI is InChI=1S/C21H15Cl2F3N2O2/c22-15-6-8-16(9-7-15)30-19(13-4-2-1-3-5-13)20(29)28-12-18-17(23)10-14(11-27-18)21(24,25)26/h1-11,19H,12H2,(H,28,29)/t19-/m1/s1. The van der Waals surface area contributed by atoms with Gasteiger partial charge in [0.05, 0.1) is 22.8 Å². The number of alkyl halides is 3. The molecule has 0 unspecified atom stereocenters. The van der Waals surface area contributed by atoms with Crippen LogP contribution in [0.5, 0.6) is 5.75 Å². The normalized spacial score (nSPS) is 12.3. The third kappa shape index (κ3) is 5.64. The average molecular weight is 455 g/mol. The van der Waals surface area contributed by atoms with Gasteiger partial charge in [-0.2, -0.15) is 13.2 Å². The number of halogens is 5. The third-order valence-corrected chi connectivity index (χ3v) is 4.66. The second kappa shape index (κ2) is 9.36. The Hall–Kier alpha value is -2.77. The van der Waals surface area contributed by atoms with Crippen molar-refractivity contribution in [3.05, 3.63) is 93.7 Å². The Labute approximate surface area is 180 Å². The summed E-state index contributed by atoms with van der Waals surface area (Å²) in [4.78, 5) is 16.5. The number of hydrogen-bond acceptors (Lipinski definition) is 3. The highest BCUT2D eigenvalue weighted by Gasteiger charge is 2.31. The highest BCUT2D eigenvalue weighted by molar-refractivity contribution is 6.31. The van der Waals surface area contributed by atoms with Gasteiger partial charge in [-0.05, 0) is 30.3 Å². The molecule has 156 valence electrons. The summed E-state index contributed by atoms with van der Waals surface area (Å²) in [6.45, 7) is -0.164. The monoisotopic (exact) mass is 454 g/mol. The highest BCUT2D eigenvalue weighted by Crippen LogP contribution is 2.31. The van der Waals surface area contributed by atoms with Gasteiger partial charge < -0.3 is 10.1 Å².